The molecular weight excluding hydrogens is 390 g/mol. The number of hydrogen-bond acceptors (Lipinski definition) is 6. The molecule has 0 aromatic carbocycles. The molecule has 1 aliphatic carbocycles. The number of nitrogens with one attached hydrogen (secondary N) is 1. The fourth-order valence-corrected chi connectivity index (χ4v) is 5.13. The molecule has 3 rings (SSSR count). The SMILES string of the molecule is COC(=O)CCCNC(=O)c1csc(C2CCN(C(=O)C3CCCCC3)CC2)n1. The molecule has 1 aromatic heterocycles. The summed E-state index contributed by atoms with van der Waals surface area (Å²) in [6.07, 6.45) is 8.36. The number of thiazole rings is 1. The summed E-state index contributed by atoms with van der Waals surface area (Å²) in [5, 5.41) is 5.57. The zero-order chi connectivity index (χ0) is 20.6. The molecule has 29 heavy (non-hydrogen) atoms. The molecule has 1 aliphatic heterocycles. The van der Waals surface area contributed by atoms with Gasteiger partial charge in [-0.15, -0.1) is 11.3 Å². The van der Waals surface area contributed by atoms with E-state index in [0.29, 0.717) is 30.5 Å². The molecule has 0 unspecified atom stereocenters. The second kappa shape index (κ2) is 10.7. The topological polar surface area (TPSA) is 88.6 Å². The first-order valence-electron chi connectivity index (χ1n) is 10.7. The van der Waals surface area contributed by atoms with Crippen molar-refractivity contribution in [1.29, 1.82) is 0 Å². The lowest BCUT2D eigenvalue weighted by atomic mass is 9.87. The minimum atomic E-state index is -0.275. The minimum absolute atomic E-state index is 0.206. The Labute approximate surface area is 176 Å². The monoisotopic (exact) mass is 421 g/mol. The molecule has 160 valence electrons. The van der Waals surface area contributed by atoms with Crippen molar-refractivity contribution in [2.75, 3.05) is 26.7 Å². The number of nitrogens with zero attached hydrogens (tertiary/aromatic N) is 2. The Morgan fingerprint density at radius 2 is 1.90 bits per heavy atom. The number of likely N-dealkylation sites (tertiary alicyclic amines) is 1. The molecule has 0 bridgehead atoms. The summed E-state index contributed by atoms with van der Waals surface area (Å²) >= 11 is 1.52. The molecule has 2 fully saturated rings. The smallest absolute Gasteiger partial charge is 0.305 e. The van der Waals surface area contributed by atoms with Crippen LogP contribution in [0.5, 0.6) is 0 Å². The van der Waals surface area contributed by atoms with Crippen LogP contribution in [0.2, 0.25) is 0 Å². The lowest BCUT2D eigenvalue weighted by Gasteiger charge is -2.34. The van der Waals surface area contributed by atoms with E-state index in [0.717, 1.165) is 43.8 Å². The number of esters is 1. The lowest BCUT2D eigenvalue weighted by Crippen LogP contribution is -2.41. The van der Waals surface area contributed by atoms with Gasteiger partial charge in [0.1, 0.15) is 5.69 Å². The van der Waals surface area contributed by atoms with Crippen LogP contribution in [-0.4, -0.2) is 54.4 Å². The second-order valence-electron chi connectivity index (χ2n) is 7.94. The lowest BCUT2D eigenvalue weighted by molar-refractivity contribution is -0.140. The van der Waals surface area contributed by atoms with Gasteiger partial charge in [-0.2, -0.15) is 0 Å². The summed E-state index contributed by atoms with van der Waals surface area (Å²) in [5.74, 6) is 0.408. The molecule has 1 saturated heterocycles. The Morgan fingerprint density at radius 1 is 1.17 bits per heavy atom. The molecule has 7 nitrogen and oxygen atoms in total. The molecule has 8 heteroatoms. The van der Waals surface area contributed by atoms with Crippen molar-refractivity contribution in [1.82, 2.24) is 15.2 Å². The fraction of sp³-hybridized carbons (Fsp3) is 0.714. The number of piperidine rings is 1. The zero-order valence-electron chi connectivity index (χ0n) is 17.2. The number of carbonyl (C=O) groups excluding carboxylic acids is 3. The average molecular weight is 422 g/mol. The summed E-state index contributed by atoms with van der Waals surface area (Å²) in [6, 6.07) is 0. The Hall–Kier alpha value is -1.96. The third kappa shape index (κ3) is 6.01. The van der Waals surface area contributed by atoms with Gasteiger partial charge in [0.05, 0.1) is 12.1 Å². The predicted octanol–water partition coefficient (Wildman–Crippen LogP) is 3.11. The van der Waals surface area contributed by atoms with E-state index in [1.807, 2.05) is 4.90 Å². The summed E-state index contributed by atoms with van der Waals surface area (Å²) < 4.78 is 4.58. The number of carbonyl (C=O) groups is 3. The van der Waals surface area contributed by atoms with Gasteiger partial charge >= 0.3 is 5.97 Å². The summed E-state index contributed by atoms with van der Waals surface area (Å²) in [4.78, 5) is 42.6. The highest BCUT2D eigenvalue weighted by molar-refractivity contribution is 7.09. The van der Waals surface area contributed by atoms with E-state index in [2.05, 4.69) is 15.0 Å². The molecule has 0 radical (unpaired) electrons. The summed E-state index contributed by atoms with van der Waals surface area (Å²) in [7, 11) is 1.36. The first-order chi connectivity index (χ1) is 14.1. The molecule has 2 aliphatic rings. The third-order valence-corrected chi connectivity index (χ3v) is 6.94. The largest absolute Gasteiger partial charge is 0.469 e. The quantitative estimate of drug-likeness (QED) is 0.540. The number of amides is 2. The third-order valence-electron chi connectivity index (χ3n) is 5.94. The van der Waals surface area contributed by atoms with Crippen LogP contribution in [0.25, 0.3) is 0 Å². The number of hydrogen-bond donors (Lipinski definition) is 1. The van der Waals surface area contributed by atoms with Crippen LogP contribution in [-0.2, 0) is 14.3 Å². The Bertz CT molecular complexity index is 707. The molecule has 2 amide bonds. The zero-order valence-corrected chi connectivity index (χ0v) is 18.0. The molecule has 0 spiro atoms. The Kier molecular flexibility index (Phi) is 8.03. The maximum absolute atomic E-state index is 12.7. The first-order valence-corrected chi connectivity index (χ1v) is 11.6. The van der Waals surface area contributed by atoms with E-state index in [1.54, 1.807) is 5.38 Å². The van der Waals surface area contributed by atoms with Crippen molar-refractivity contribution in [2.45, 2.75) is 63.7 Å². The van der Waals surface area contributed by atoms with Gasteiger partial charge in [-0.05, 0) is 32.1 Å². The van der Waals surface area contributed by atoms with Crippen LogP contribution >= 0.6 is 11.3 Å². The van der Waals surface area contributed by atoms with Crippen molar-refractivity contribution < 1.29 is 19.1 Å². The minimum Gasteiger partial charge on any atom is -0.469 e. The van der Waals surface area contributed by atoms with Crippen LogP contribution in [0.1, 0.15) is 79.2 Å². The highest BCUT2D eigenvalue weighted by Crippen LogP contribution is 2.32. The fourth-order valence-electron chi connectivity index (χ4n) is 4.16. The van der Waals surface area contributed by atoms with Gasteiger partial charge in [0.2, 0.25) is 5.91 Å². The van der Waals surface area contributed by atoms with Gasteiger partial charge < -0.3 is 15.0 Å². The van der Waals surface area contributed by atoms with Gasteiger partial charge in [-0.3, -0.25) is 14.4 Å². The standard InChI is InChI=1S/C21H31N3O4S/c1-28-18(25)8-5-11-22-19(26)17-14-29-20(23-17)15-9-12-24(13-10-15)21(27)16-6-3-2-4-7-16/h14-16H,2-13H2,1H3,(H,22,26). The van der Waals surface area contributed by atoms with E-state index in [9.17, 15) is 14.4 Å². The number of aromatic nitrogens is 1. The predicted molar refractivity (Wildman–Crippen MR) is 111 cm³/mol. The summed E-state index contributed by atoms with van der Waals surface area (Å²) in [6.45, 7) is 1.99. The van der Waals surface area contributed by atoms with E-state index < -0.39 is 0 Å². The van der Waals surface area contributed by atoms with E-state index in [-0.39, 0.29) is 24.2 Å². The molecule has 1 aromatic rings. The van der Waals surface area contributed by atoms with Crippen molar-refractivity contribution >= 4 is 29.1 Å². The Morgan fingerprint density at radius 3 is 2.59 bits per heavy atom. The average Bonchev–Trinajstić information content (AvgIpc) is 3.27. The van der Waals surface area contributed by atoms with Gasteiger partial charge in [-0.1, -0.05) is 19.3 Å². The Balaban J connectivity index is 1.43. The van der Waals surface area contributed by atoms with Gasteiger partial charge in [0.25, 0.3) is 5.91 Å². The van der Waals surface area contributed by atoms with Crippen LogP contribution in [0.3, 0.4) is 0 Å². The van der Waals surface area contributed by atoms with Crippen molar-refractivity contribution in [3.05, 3.63) is 16.1 Å². The maximum atomic E-state index is 12.7. The molecule has 0 atom stereocenters. The normalized spacial score (nSPS) is 18.4. The number of ether oxygens (including phenoxy) is 1. The van der Waals surface area contributed by atoms with Crippen molar-refractivity contribution in [3.63, 3.8) is 0 Å². The number of rotatable bonds is 7. The van der Waals surface area contributed by atoms with E-state index in [1.165, 1.54) is 37.7 Å². The van der Waals surface area contributed by atoms with Crippen LogP contribution in [0.4, 0.5) is 0 Å². The molecule has 1 saturated carbocycles. The van der Waals surface area contributed by atoms with Crippen LogP contribution in [0.15, 0.2) is 5.38 Å². The molecule has 2 heterocycles. The molecule has 1 N–H and O–H groups in total. The highest BCUT2D eigenvalue weighted by atomic mass is 32.1. The van der Waals surface area contributed by atoms with E-state index >= 15 is 0 Å². The second-order valence-corrected chi connectivity index (χ2v) is 8.83. The van der Waals surface area contributed by atoms with Crippen LogP contribution in [0, 0.1) is 5.92 Å². The van der Waals surface area contributed by atoms with Crippen molar-refractivity contribution in [2.24, 2.45) is 5.92 Å². The molecular formula is C21H31N3O4S. The van der Waals surface area contributed by atoms with Gasteiger partial charge in [0, 0.05) is 43.3 Å². The van der Waals surface area contributed by atoms with Crippen LogP contribution < -0.4 is 5.32 Å². The van der Waals surface area contributed by atoms with Gasteiger partial charge in [0.15, 0.2) is 0 Å². The maximum Gasteiger partial charge on any atom is 0.305 e. The van der Waals surface area contributed by atoms with Gasteiger partial charge in [-0.25, -0.2) is 4.98 Å². The highest BCUT2D eigenvalue weighted by Gasteiger charge is 2.30. The first kappa shape index (κ1) is 21.7. The summed E-state index contributed by atoms with van der Waals surface area (Å²) in [5.41, 5.74) is 0.434. The number of methoxy groups -OCH3 is 1. The van der Waals surface area contributed by atoms with E-state index in [4.69, 9.17) is 0 Å². The van der Waals surface area contributed by atoms with Crippen molar-refractivity contribution in [3.8, 4) is 0 Å².